The Balaban J connectivity index is 1.66. The third-order valence-electron chi connectivity index (χ3n) is 6.97. The SMILES string of the molecule is CO[C@H]1C[C@@H](S(=O)(=O)c2ccc(-c3ccc(S(N)(=O)=O)cc3)cc2C(F)(F)F)C[C@@H]1C(=O)NC1(C#N)CC1. The van der Waals surface area contributed by atoms with E-state index in [1.165, 1.54) is 25.3 Å². The number of hydrogen-bond donors (Lipinski definition) is 2. The first kappa shape index (κ1) is 28.0. The van der Waals surface area contributed by atoms with Gasteiger partial charge in [-0.1, -0.05) is 18.2 Å². The average molecular weight is 572 g/mol. The van der Waals surface area contributed by atoms with Gasteiger partial charge >= 0.3 is 6.18 Å². The van der Waals surface area contributed by atoms with Crippen molar-refractivity contribution in [2.24, 2.45) is 11.1 Å². The first-order chi connectivity index (χ1) is 17.6. The topological polar surface area (TPSA) is 156 Å². The highest BCUT2D eigenvalue weighted by Crippen LogP contribution is 2.43. The van der Waals surface area contributed by atoms with Gasteiger partial charge < -0.3 is 10.1 Å². The number of sulfonamides is 1. The van der Waals surface area contributed by atoms with Gasteiger partial charge in [-0.25, -0.2) is 22.0 Å². The molecular weight excluding hydrogens is 547 g/mol. The normalized spacial score (nSPS) is 23.0. The molecule has 2 saturated carbocycles. The number of sulfone groups is 1. The molecule has 9 nitrogen and oxygen atoms in total. The first-order valence-electron chi connectivity index (χ1n) is 11.5. The lowest BCUT2D eigenvalue weighted by atomic mass is 10.0. The summed E-state index contributed by atoms with van der Waals surface area (Å²) >= 11 is 0. The van der Waals surface area contributed by atoms with Gasteiger partial charge in [-0.15, -0.1) is 0 Å². The van der Waals surface area contributed by atoms with Crippen molar-refractivity contribution in [2.45, 2.75) is 58.5 Å². The van der Waals surface area contributed by atoms with Crippen LogP contribution in [0.2, 0.25) is 0 Å². The monoisotopic (exact) mass is 571 g/mol. The lowest BCUT2D eigenvalue weighted by Crippen LogP contribution is -2.42. The van der Waals surface area contributed by atoms with Crippen LogP contribution in [0.4, 0.5) is 13.2 Å². The molecule has 2 aliphatic rings. The fourth-order valence-corrected chi connectivity index (χ4v) is 7.18. The van der Waals surface area contributed by atoms with E-state index in [9.17, 15) is 40.1 Å². The van der Waals surface area contributed by atoms with Crippen LogP contribution < -0.4 is 10.5 Å². The number of primary sulfonamides is 1. The zero-order chi connectivity index (χ0) is 28.1. The number of nitrogens with one attached hydrogen (secondary N) is 1. The number of ether oxygens (including phenoxy) is 1. The van der Waals surface area contributed by atoms with Crippen molar-refractivity contribution < 1.29 is 39.5 Å². The number of carbonyl (C=O) groups is 1. The van der Waals surface area contributed by atoms with Crippen molar-refractivity contribution in [1.82, 2.24) is 5.32 Å². The third-order valence-corrected chi connectivity index (χ3v) is 10.1. The average Bonchev–Trinajstić information content (AvgIpc) is 3.48. The quantitative estimate of drug-likeness (QED) is 0.517. The molecule has 0 saturated heterocycles. The fourth-order valence-electron chi connectivity index (χ4n) is 4.66. The summed E-state index contributed by atoms with van der Waals surface area (Å²) in [7, 11) is -7.28. The molecule has 3 N–H and O–H groups in total. The van der Waals surface area contributed by atoms with Crippen LogP contribution in [0.3, 0.4) is 0 Å². The smallest absolute Gasteiger partial charge is 0.381 e. The molecule has 1 amide bonds. The Bertz CT molecular complexity index is 1510. The molecule has 0 aliphatic heterocycles. The summed E-state index contributed by atoms with van der Waals surface area (Å²) in [6, 6.07) is 9.56. The number of nitriles is 1. The first-order valence-corrected chi connectivity index (χ1v) is 14.5. The van der Waals surface area contributed by atoms with Crippen LogP contribution in [0.1, 0.15) is 31.2 Å². The molecule has 0 radical (unpaired) electrons. The summed E-state index contributed by atoms with van der Waals surface area (Å²) in [5, 5.41) is 15.6. The Morgan fingerprint density at radius 2 is 1.68 bits per heavy atom. The minimum absolute atomic E-state index is 0.0157. The van der Waals surface area contributed by atoms with Crippen molar-refractivity contribution in [2.75, 3.05) is 7.11 Å². The molecule has 0 bridgehead atoms. The molecule has 0 spiro atoms. The van der Waals surface area contributed by atoms with Gasteiger partial charge in [0.1, 0.15) is 5.54 Å². The highest BCUT2D eigenvalue weighted by molar-refractivity contribution is 7.92. The molecule has 0 aromatic heterocycles. The van der Waals surface area contributed by atoms with E-state index >= 15 is 0 Å². The Kier molecular flexibility index (Phi) is 7.11. The van der Waals surface area contributed by atoms with Gasteiger partial charge in [0.15, 0.2) is 9.84 Å². The van der Waals surface area contributed by atoms with Crippen LogP contribution >= 0.6 is 0 Å². The van der Waals surface area contributed by atoms with Crippen LogP contribution in [0, 0.1) is 17.2 Å². The Morgan fingerprint density at radius 3 is 2.18 bits per heavy atom. The number of halogens is 3. The largest absolute Gasteiger partial charge is 0.417 e. The predicted molar refractivity (Wildman–Crippen MR) is 128 cm³/mol. The molecule has 2 aliphatic carbocycles. The molecule has 2 fully saturated rings. The van der Waals surface area contributed by atoms with Crippen LogP contribution in [0.5, 0.6) is 0 Å². The van der Waals surface area contributed by atoms with Crippen molar-refractivity contribution in [3.8, 4) is 17.2 Å². The number of benzene rings is 2. The van der Waals surface area contributed by atoms with Gasteiger partial charge in [-0.2, -0.15) is 18.4 Å². The predicted octanol–water partition coefficient (Wildman–Crippen LogP) is 2.76. The Hall–Kier alpha value is -2.99. The van der Waals surface area contributed by atoms with Crippen molar-refractivity contribution in [1.29, 1.82) is 5.26 Å². The van der Waals surface area contributed by atoms with Crippen molar-refractivity contribution in [3.63, 3.8) is 0 Å². The number of amides is 1. The van der Waals surface area contributed by atoms with E-state index in [0.29, 0.717) is 18.9 Å². The molecule has 3 atom stereocenters. The lowest BCUT2D eigenvalue weighted by molar-refractivity contribution is -0.139. The van der Waals surface area contributed by atoms with Gasteiger partial charge in [0.25, 0.3) is 0 Å². The highest BCUT2D eigenvalue weighted by atomic mass is 32.2. The zero-order valence-corrected chi connectivity index (χ0v) is 21.7. The minimum Gasteiger partial charge on any atom is -0.381 e. The maximum absolute atomic E-state index is 14.1. The highest BCUT2D eigenvalue weighted by Gasteiger charge is 2.51. The minimum atomic E-state index is -5.03. The molecule has 2 aromatic carbocycles. The summed E-state index contributed by atoms with van der Waals surface area (Å²) in [4.78, 5) is 11.6. The molecule has 2 aromatic rings. The van der Waals surface area contributed by atoms with Crippen LogP contribution in [0.25, 0.3) is 11.1 Å². The second-order valence-corrected chi connectivity index (χ2v) is 13.2. The molecule has 38 heavy (non-hydrogen) atoms. The maximum Gasteiger partial charge on any atom is 0.417 e. The number of alkyl halides is 3. The Labute approximate surface area is 217 Å². The maximum atomic E-state index is 14.1. The second-order valence-electron chi connectivity index (χ2n) is 9.48. The summed E-state index contributed by atoms with van der Waals surface area (Å²) in [6.45, 7) is 0. The number of hydrogen-bond acceptors (Lipinski definition) is 7. The molecule has 0 heterocycles. The van der Waals surface area contributed by atoms with E-state index in [4.69, 9.17) is 9.88 Å². The van der Waals surface area contributed by atoms with E-state index in [-0.39, 0.29) is 28.9 Å². The van der Waals surface area contributed by atoms with E-state index in [2.05, 4.69) is 5.32 Å². The second kappa shape index (κ2) is 9.64. The third kappa shape index (κ3) is 5.42. The van der Waals surface area contributed by atoms with Gasteiger partial charge in [0.05, 0.1) is 38.7 Å². The number of nitrogens with zero attached hydrogens (tertiary/aromatic N) is 1. The van der Waals surface area contributed by atoms with Crippen molar-refractivity contribution in [3.05, 3.63) is 48.0 Å². The molecular formula is C24H24F3N3O6S2. The number of carbonyl (C=O) groups excluding carboxylic acids is 1. The summed E-state index contributed by atoms with van der Waals surface area (Å²) in [5.74, 6) is -1.51. The number of rotatable bonds is 7. The van der Waals surface area contributed by atoms with Crippen LogP contribution in [0.15, 0.2) is 52.3 Å². The summed E-state index contributed by atoms with van der Waals surface area (Å²) < 4.78 is 97.4. The van der Waals surface area contributed by atoms with Crippen LogP contribution in [-0.4, -0.2) is 46.7 Å². The van der Waals surface area contributed by atoms with Crippen molar-refractivity contribution >= 4 is 25.8 Å². The summed E-state index contributed by atoms with van der Waals surface area (Å²) in [6.07, 6.45) is -5.40. The summed E-state index contributed by atoms with van der Waals surface area (Å²) in [5.41, 5.74) is -2.14. The van der Waals surface area contributed by atoms with E-state index < -0.39 is 65.2 Å². The Morgan fingerprint density at radius 1 is 1.08 bits per heavy atom. The fraction of sp³-hybridized carbons (Fsp3) is 0.417. The van der Waals surface area contributed by atoms with Crippen LogP contribution in [-0.2, 0) is 35.6 Å². The molecule has 14 heteroatoms. The zero-order valence-electron chi connectivity index (χ0n) is 20.0. The number of methoxy groups -OCH3 is 1. The van der Waals surface area contributed by atoms with E-state index in [1.54, 1.807) is 0 Å². The molecule has 4 rings (SSSR count). The lowest BCUT2D eigenvalue weighted by Gasteiger charge is -2.19. The molecule has 0 unspecified atom stereocenters. The van der Waals surface area contributed by atoms with E-state index in [1.807, 2.05) is 6.07 Å². The standard InChI is InChI=1S/C24H24F3N3O6S2/c1-36-20-12-17(11-18(20)22(31)30-23(13-28)8-9-23)37(32,33)21-7-4-15(10-19(21)24(25,26)27)14-2-5-16(6-3-14)38(29,34)35/h2-7,10,17-18,20H,8-9,11-12H2,1H3,(H,30,31)(H2,29,34,35)/t17-,18-,20-/m0/s1. The van der Waals surface area contributed by atoms with Gasteiger partial charge in [0.2, 0.25) is 15.9 Å². The van der Waals surface area contributed by atoms with Gasteiger partial charge in [-0.05, 0) is 61.1 Å². The van der Waals surface area contributed by atoms with Gasteiger partial charge in [-0.3, -0.25) is 4.79 Å². The molecule has 204 valence electrons. The number of nitrogens with two attached hydrogens (primary N) is 1. The van der Waals surface area contributed by atoms with E-state index in [0.717, 1.165) is 18.2 Å². The van der Waals surface area contributed by atoms with Gasteiger partial charge in [0, 0.05) is 7.11 Å².